The van der Waals surface area contributed by atoms with Gasteiger partial charge in [-0.3, -0.25) is 9.69 Å². The Morgan fingerprint density at radius 2 is 1.77 bits per heavy atom. The molecule has 2 saturated heterocycles. The Balaban J connectivity index is 1.38. The number of benzene rings is 2. The lowest BCUT2D eigenvalue weighted by Gasteiger charge is -2.39. The van der Waals surface area contributed by atoms with Crippen molar-refractivity contribution in [2.45, 2.75) is 70.4 Å². The highest BCUT2D eigenvalue weighted by molar-refractivity contribution is 5.95. The number of piperidine rings is 1. The van der Waals surface area contributed by atoms with Gasteiger partial charge in [0.25, 0.3) is 5.91 Å². The Morgan fingerprint density at radius 1 is 1.11 bits per heavy atom. The van der Waals surface area contributed by atoms with E-state index < -0.39 is 11.7 Å². The smallest absolute Gasteiger partial charge is 0.416 e. The van der Waals surface area contributed by atoms with E-state index in [1.807, 2.05) is 36.1 Å². The number of carbonyl (C=O) groups excluding carboxylic acids is 1. The topological polar surface area (TPSA) is 32.8 Å². The fourth-order valence-electron chi connectivity index (χ4n) is 5.31. The Morgan fingerprint density at radius 3 is 2.34 bits per heavy atom. The summed E-state index contributed by atoms with van der Waals surface area (Å²) in [4.78, 5) is 17.6. The number of alkyl halides is 3. The monoisotopic (exact) mass is 486 g/mol. The lowest BCUT2D eigenvalue weighted by Crippen LogP contribution is -2.49. The molecule has 7 heteroatoms. The summed E-state index contributed by atoms with van der Waals surface area (Å²) in [5.41, 5.74) is 2.23. The standard InChI is InChI=1S/C28H33F3N2O2/c1-4-32(17-19(2)3)18-20-8-10-21(11-9-20)27(34)33-23-12-13-24(33)16-26(15-23)35-25-7-5-6-22(14-25)28(29,30)31/h5-11,14,23-24,26H,2,4,12-13,15-18H2,1,3H3. The van der Waals surface area contributed by atoms with Crippen LogP contribution in [0.5, 0.6) is 5.75 Å². The zero-order chi connectivity index (χ0) is 25.2. The molecule has 2 atom stereocenters. The first kappa shape index (κ1) is 25.3. The summed E-state index contributed by atoms with van der Waals surface area (Å²) in [6.45, 7) is 10.7. The van der Waals surface area contributed by atoms with E-state index in [1.165, 1.54) is 6.07 Å². The first-order valence-corrected chi connectivity index (χ1v) is 12.3. The van der Waals surface area contributed by atoms with Crippen molar-refractivity contribution in [3.63, 3.8) is 0 Å². The number of hydrogen-bond acceptors (Lipinski definition) is 3. The van der Waals surface area contributed by atoms with Crippen molar-refractivity contribution in [2.75, 3.05) is 13.1 Å². The van der Waals surface area contributed by atoms with Crippen LogP contribution in [0.25, 0.3) is 0 Å². The molecule has 0 aliphatic carbocycles. The first-order valence-electron chi connectivity index (χ1n) is 12.3. The molecule has 2 aromatic rings. The fourth-order valence-corrected chi connectivity index (χ4v) is 5.31. The van der Waals surface area contributed by atoms with Crippen molar-refractivity contribution >= 4 is 5.91 Å². The molecule has 4 rings (SSSR count). The van der Waals surface area contributed by atoms with Crippen LogP contribution in [0, 0.1) is 0 Å². The second-order valence-corrected chi connectivity index (χ2v) is 9.79. The van der Waals surface area contributed by atoms with Crippen LogP contribution in [0.4, 0.5) is 13.2 Å². The number of nitrogens with zero attached hydrogens (tertiary/aromatic N) is 2. The van der Waals surface area contributed by atoms with Gasteiger partial charge in [-0.1, -0.05) is 37.3 Å². The Labute approximate surface area is 205 Å². The quantitative estimate of drug-likeness (QED) is 0.410. The van der Waals surface area contributed by atoms with Gasteiger partial charge in [0.2, 0.25) is 0 Å². The molecule has 35 heavy (non-hydrogen) atoms. The van der Waals surface area contributed by atoms with Crippen molar-refractivity contribution in [1.82, 2.24) is 9.80 Å². The van der Waals surface area contributed by atoms with E-state index in [-0.39, 0.29) is 29.8 Å². The lowest BCUT2D eigenvalue weighted by atomic mass is 9.98. The second-order valence-electron chi connectivity index (χ2n) is 9.79. The van der Waals surface area contributed by atoms with Crippen LogP contribution in [-0.2, 0) is 12.7 Å². The number of fused-ring (bicyclic) bond motifs is 2. The summed E-state index contributed by atoms with van der Waals surface area (Å²) in [5, 5.41) is 0. The fraction of sp³-hybridized carbons (Fsp3) is 0.464. The van der Waals surface area contributed by atoms with Crippen molar-refractivity contribution in [2.24, 2.45) is 0 Å². The van der Waals surface area contributed by atoms with Crippen molar-refractivity contribution < 1.29 is 22.7 Å². The summed E-state index contributed by atoms with van der Waals surface area (Å²) in [6, 6.07) is 12.9. The van der Waals surface area contributed by atoms with E-state index in [4.69, 9.17) is 4.74 Å². The highest BCUT2D eigenvalue weighted by Crippen LogP contribution is 2.39. The third-order valence-electron chi connectivity index (χ3n) is 6.94. The summed E-state index contributed by atoms with van der Waals surface area (Å²) in [7, 11) is 0. The largest absolute Gasteiger partial charge is 0.490 e. The molecule has 0 N–H and O–H groups in total. The highest BCUT2D eigenvalue weighted by atomic mass is 19.4. The van der Waals surface area contributed by atoms with Gasteiger partial charge in [-0.15, -0.1) is 0 Å². The molecule has 2 heterocycles. The number of ether oxygens (including phenoxy) is 1. The maximum absolute atomic E-state index is 13.4. The number of halogens is 3. The molecule has 2 aliphatic heterocycles. The van der Waals surface area contributed by atoms with Crippen LogP contribution in [0.1, 0.15) is 61.0 Å². The van der Waals surface area contributed by atoms with Gasteiger partial charge in [0.1, 0.15) is 11.9 Å². The Hall–Kier alpha value is -2.80. The zero-order valence-electron chi connectivity index (χ0n) is 20.4. The molecule has 0 spiro atoms. The molecule has 4 nitrogen and oxygen atoms in total. The van der Waals surface area contributed by atoms with Gasteiger partial charge in [-0.2, -0.15) is 13.2 Å². The van der Waals surface area contributed by atoms with Gasteiger partial charge in [-0.25, -0.2) is 0 Å². The van der Waals surface area contributed by atoms with Crippen LogP contribution in [-0.4, -0.2) is 47.0 Å². The predicted octanol–water partition coefficient (Wildman–Crippen LogP) is 6.32. The minimum Gasteiger partial charge on any atom is -0.490 e. The maximum Gasteiger partial charge on any atom is 0.416 e. The molecule has 2 unspecified atom stereocenters. The molecule has 1 amide bonds. The predicted molar refractivity (Wildman–Crippen MR) is 130 cm³/mol. The Kier molecular flexibility index (Phi) is 7.55. The van der Waals surface area contributed by atoms with Crippen LogP contribution in [0.15, 0.2) is 60.7 Å². The third kappa shape index (κ3) is 6.07. The van der Waals surface area contributed by atoms with Gasteiger partial charge in [0.05, 0.1) is 5.56 Å². The molecular formula is C28H33F3N2O2. The minimum atomic E-state index is -4.40. The first-order chi connectivity index (χ1) is 16.6. The number of carbonyl (C=O) groups is 1. The number of likely N-dealkylation sites (N-methyl/N-ethyl adjacent to an activating group) is 1. The third-order valence-corrected chi connectivity index (χ3v) is 6.94. The van der Waals surface area contributed by atoms with Crippen LogP contribution >= 0.6 is 0 Å². The van der Waals surface area contributed by atoms with E-state index in [0.29, 0.717) is 18.4 Å². The van der Waals surface area contributed by atoms with Crippen molar-refractivity contribution in [1.29, 1.82) is 0 Å². The SMILES string of the molecule is C=C(C)CN(CC)Cc1ccc(C(=O)N2C3CCC2CC(Oc2cccc(C(F)(F)F)c2)C3)cc1. The van der Waals surface area contributed by atoms with E-state index in [9.17, 15) is 18.0 Å². The normalized spacial score (nSPS) is 21.9. The van der Waals surface area contributed by atoms with Gasteiger partial charge >= 0.3 is 6.18 Å². The molecule has 0 saturated carbocycles. The lowest BCUT2D eigenvalue weighted by molar-refractivity contribution is -0.137. The van der Waals surface area contributed by atoms with Gasteiger partial charge in [-0.05, 0) is 62.2 Å². The average molecular weight is 487 g/mol. The molecule has 2 bridgehead atoms. The highest BCUT2D eigenvalue weighted by Gasteiger charge is 2.44. The van der Waals surface area contributed by atoms with Crippen molar-refractivity contribution in [3.05, 3.63) is 77.4 Å². The molecule has 2 fully saturated rings. The van der Waals surface area contributed by atoms with E-state index >= 15 is 0 Å². The summed E-state index contributed by atoms with van der Waals surface area (Å²) < 4.78 is 45.0. The minimum absolute atomic E-state index is 0.0239. The van der Waals surface area contributed by atoms with Crippen LogP contribution < -0.4 is 4.74 Å². The summed E-state index contributed by atoms with van der Waals surface area (Å²) in [5.74, 6) is 0.253. The number of rotatable bonds is 8. The molecule has 188 valence electrons. The maximum atomic E-state index is 13.4. The zero-order valence-corrected chi connectivity index (χ0v) is 20.4. The van der Waals surface area contributed by atoms with Crippen LogP contribution in [0.2, 0.25) is 0 Å². The number of hydrogen-bond donors (Lipinski definition) is 0. The van der Waals surface area contributed by atoms with Gasteiger partial charge in [0, 0.05) is 43.6 Å². The average Bonchev–Trinajstić information content (AvgIpc) is 3.08. The van der Waals surface area contributed by atoms with E-state index in [2.05, 4.69) is 18.4 Å². The Bertz CT molecular complexity index is 1040. The van der Waals surface area contributed by atoms with Gasteiger partial charge < -0.3 is 9.64 Å². The molecule has 2 aliphatic rings. The molecular weight excluding hydrogens is 453 g/mol. The van der Waals surface area contributed by atoms with Crippen molar-refractivity contribution in [3.8, 4) is 5.75 Å². The van der Waals surface area contributed by atoms with Gasteiger partial charge in [0.15, 0.2) is 0 Å². The summed E-state index contributed by atoms with van der Waals surface area (Å²) >= 11 is 0. The van der Waals surface area contributed by atoms with E-state index in [0.717, 1.165) is 55.7 Å². The number of amides is 1. The van der Waals surface area contributed by atoms with E-state index in [1.54, 1.807) is 6.07 Å². The second kappa shape index (κ2) is 10.4. The summed E-state index contributed by atoms with van der Waals surface area (Å²) in [6.07, 6.45) is -1.56. The molecule has 2 aromatic carbocycles. The molecule has 0 aromatic heterocycles. The molecule has 0 radical (unpaired) electrons. The van der Waals surface area contributed by atoms with Crippen LogP contribution in [0.3, 0.4) is 0 Å².